The first kappa shape index (κ1) is 28.2. The van der Waals surface area contributed by atoms with Crippen molar-refractivity contribution in [2.75, 3.05) is 5.88 Å². The summed E-state index contributed by atoms with van der Waals surface area (Å²) in [6.45, 7) is 4.15. The summed E-state index contributed by atoms with van der Waals surface area (Å²) in [5.41, 5.74) is 0.182. The van der Waals surface area contributed by atoms with E-state index >= 15 is 0 Å². The molecule has 3 fully saturated rings. The molecule has 3 saturated carbocycles. The van der Waals surface area contributed by atoms with E-state index in [2.05, 4.69) is 11.7 Å². The summed E-state index contributed by atoms with van der Waals surface area (Å²) in [5.74, 6) is -15.9. The lowest BCUT2D eigenvalue weighted by atomic mass is 9.48. The van der Waals surface area contributed by atoms with Crippen molar-refractivity contribution in [3.8, 4) is 0 Å². The first-order valence-electron chi connectivity index (χ1n) is 12.2. The van der Waals surface area contributed by atoms with Gasteiger partial charge in [0.05, 0.1) is 0 Å². The number of rotatable bonds is 5. The van der Waals surface area contributed by atoms with Gasteiger partial charge in [0.1, 0.15) is 17.7 Å². The van der Waals surface area contributed by atoms with Crippen LogP contribution < -0.4 is 0 Å². The van der Waals surface area contributed by atoms with Gasteiger partial charge in [-0.25, -0.2) is 4.79 Å². The van der Waals surface area contributed by atoms with Crippen LogP contribution in [0.4, 0.5) is 30.7 Å². The molecule has 12 heteroatoms. The van der Waals surface area contributed by atoms with Gasteiger partial charge < -0.3 is 9.47 Å². The number of carbonyl (C=O) groups excluding carboxylic acids is 2. The third kappa shape index (κ3) is 4.36. The number of fused-ring (bicyclic) bond motifs is 5. The average Bonchev–Trinajstić information content (AvgIpc) is 3.14. The molecule has 0 bridgehead atoms. The molecule has 6 atom stereocenters. The standard InChI is InChI=1S/C25H28ClF7O4/c1-21-9-7-14(36-20(35)23(27,28)24(29,30)25(31,32)33)11-13(21)3-4-15-16-5-6-18(37-19(34)12-26)22(16,2)10-8-17(15)21/h7,11,15-18H,3-6,8-10,12H2,1-2H3/t15?,16?,17?,18-,21-,22-/m0/s1. The molecule has 0 aromatic rings. The van der Waals surface area contributed by atoms with Crippen LogP contribution in [0, 0.1) is 28.6 Å². The monoisotopic (exact) mass is 560 g/mol. The summed E-state index contributed by atoms with van der Waals surface area (Å²) in [6, 6.07) is 0. The van der Waals surface area contributed by atoms with E-state index in [0.29, 0.717) is 18.3 Å². The van der Waals surface area contributed by atoms with Crippen molar-refractivity contribution in [3.05, 3.63) is 23.5 Å². The van der Waals surface area contributed by atoms with E-state index < -0.39 is 41.1 Å². The lowest BCUT2D eigenvalue weighted by molar-refractivity contribution is -0.347. The van der Waals surface area contributed by atoms with Gasteiger partial charge in [-0.3, -0.25) is 4.79 Å². The minimum atomic E-state index is -6.62. The Bertz CT molecular complexity index is 1020. The maximum Gasteiger partial charge on any atom is 0.460 e. The fourth-order valence-electron chi connectivity index (χ4n) is 7.27. The van der Waals surface area contributed by atoms with Crippen molar-refractivity contribution in [2.24, 2.45) is 28.6 Å². The molecule has 4 aliphatic carbocycles. The number of ether oxygens (including phenoxy) is 2. The van der Waals surface area contributed by atoms with Gasteiger partial charge in [-0.2, -0.15) is 30.7 Å². The van der Waals surface area contributed by atoms with Gasteiger partial charge in [0, 0.05) is 5.41 Å². The van der Waals surface area contributed by atoms with E-state index in [-0.39, 0.29) is 29.7 Å². The van der Waals surface area contributed by atoms with Crippen LogP contribution in [0.5, 0.6) is 0 Å². The molecule has 4 rings (SSSR count). The van der Waals surface area contributed by atoms with E-state index in [9.17, 15) is 40.3 Å². The van der Waals surface area contributed by atoms with Gasteiger partial charge in [0.2, 0.25) is 0 Å². The molecule has 0 aliphatic heterocycles. The molecule has 37 heavy (non-hydrogen) atoms. The highest BCUT2D eigenvalue weighted by Crippen LogP contribution is 2.65. The van der Waals surface area contributed by atoms with Gasteiger partial charge in [0.25, 0.3) is 0 Å². The molecule has 0 aromatic carbocycles. The molecule has 0 amide bonds. The Morgan fingerprint density at radius 1 is 1.03 bits per heavy atom. The Labute approximate surface area is 214 Å². The molecule has 0 spiro atoms. The molecule has 208 valence electrons. The van der Waals surface area contributed by atoms with Gasteiger partial charge in [-0.05, 0) is 80.3 Å². The van der Waals surface area contributed by atoms with Crippen molar-refractivity contribution in [2.45, 2.75) is 82.9 Å². The third-order valence-electron chi connectivity index (χ3n) is 9.29. The van der Waals surface area contributed by atoms with Gasteiger partial charge in [-0.15, -0.1) is 11.6 Å². The quantitative estimate of drug-likeness (QED) is 0.207. The normalized spacial score (nSPS) is 35.9. The molecule has 0 radical (unpaired) electrons. The van der Waals surface area contributed by atoms with Crippen LogP contribution in [-0.4, -0.2) is 41.9 Å². The minimum Gasteiger partial charge on any atom is -0.461 e. The summed E-state index contributed by atoms with van der Waals surface area (Å²) < 4.78 is 101. The van der Waals surface area contributed by atoms with Crippen LogP contribution in [0.1, 0.15) is 58.8 Å². The Balaban J connectivity index is 1.49. The fourth-order valence-corrected chi connectivity index (χ4v) is 7.34. The second-order valence-electron chi connectivity index (χ2n) is 11.1. The molecule has 4 nitrogen and oxygen atoms in total. The first-order chi connectivity index (χ1) is 17.0. The Morgan fingerprint density at radius 2 is 1.70 bits per heavy atom. The maximum atomic E-state index is 13.7. The van der Waals surface area contributed by atoms with E-state index in [1.54, 1.807) is 0 Å². The minimum absolute atomic E-state index is 0.192. The van der Waals surface area contributed by atoms with Crippen LogP contribution in [-0.2, 0) is 19.1 Å². The maximum absolute atomic E-state index is 13.7. The SMILES string of the molecule is C[C@]12CC=C(OC(=O)C(F)(F)C(F)(F)C(F)(F)F)C=C1CCC1C2CC[C@@]2(C)C1CC[C@@H]2OC(=O)CCl. The summed E-state index contributed by atoms with van der Waals surface area (Å²) in [6.07, 6.45) is 0.547. The zero-order valence-electron chi connectivity index (χ0n) is 20.3. The second-order valence-corrected chi connectivity index (χ2v) is 11.4. The Morgan fingerprint density at radius 3 is 2.32 bits per heavy atom. The molecular formula is C25H28ClF7O4. The van der Waals surface area contributed by atoms with Crippen LogP contribution in [0.25, 0.3) is 0 Å². The fraction of sp³-hybridized carbons (Fsp3) is 0.760. The van der Waals surface area contributed by atoms with E-state index in [1.807, 2.05) is 6.92 Å². The van der Waals surface area contributed by atoms with Crippen LogP contribution in [0.15, 0.2) is 23.5 Å². The summed E-state index contributed by atoms with van der Waals surface area (Å²) in [7, 11) is 0. The highest BCUT2D eigenvalue weighted by atomic mass is 35.5. The second kappa shape index (κ2) is 9.16. The predicted molar refractivity (Wildman–Crippen MR) is 118 cm³/mol. The van der Waals surface area contributed by atoms with Crippen molar-refractivity contribution >= 4 is 23.5 Å². The predicted octanol–water partition coefficient (Wildman–Crippen LogP) is 6.97. The van der Waals surface area contributed by atoms with Gasteiger partial charge in [-0.1, -0.05) is 19.4 Å². The number of carbonyl (C=O) groups is 2. The van der Waals surface area contributed by atoms with Crippen molar-refractivity contribution in [1.29, 1.82) is 0 Å². The Hall–Kier alpha value is -1.78. The highest BCUT2D eigenvalue weighted by molar-refractivity contribution is 6.26. The lowest BCUT2D eigenvalue weighted by Crippen LogP contribution is -2.56. The molecule has 3 unspecified atom stereocenters. The summed E-state index contributed by atoms with van der Waals surface area (Å²) >= 11 is 5.62. The summed E-state index contributed by atoms with van der Waals surface area (Å²) in [5, 5.41) is 0. The number of hydrogen-bond acceptors (Lipinski definition) is 4. The average molecular weight is 561 g/mol. The van der Waals surface area contributed by atoms with Crippen LogP contribution in [0.2, 0.25) is 0 Å². The van der Waals surface area contributed by atoms with E-state index in [0.717, 1.165) is 37.7 Å². The topological polar surface area (TPSA) is 52.6 Å². The number of hydrogen-bond donors (Lipinski definition) is 0. The molecule has 0 saturated heterocycles. The summed E-state index contributed by atoms with van der Waals surface area (Å²) in [4.78, 5) is 23.5. The third-order valence-corrected chi connectivity index (χ3v) is 9.51. The van der Waals surface area contributed by atoms with E-state index in [1.165, 1.54) is 12.2 Å². The molecule has 0 heterocycles. The molecule has 0 N–H and O–H groups in total. The van der Waals surface area contributed by atoms with Crippen molar-refractivity contribution in [1.82, 2.24) is 0 Å². The van der Waals surface area contributed by atoms with Crippen LogP contribution >= 0.6 is 11.6 Å². The zero-order valence-corrected chi connectivity index (χ0v) is 21.0. The van der Waals surface area contributed by atoms with Gasteiger partial charge in [0.15, 0.2) is 0 Å². The number of halogens is 8. The molecule has 4 aliphatic rings. The number of alkyl halides is 8. The number of allylic oxidation sites excluding steroid dienone is 3. The van der Waals surface area contributed by atoms with Gasteiger partial charge >= 0.3 is 30.0 Å². The molecule has 0 aromatic heterocycles. The molecular weight excluding hydrogens is 533 g/mol. The lowest BCUT2D eigenvalue weighted by Gasteiger charge is -2.57. The largest absolute Gasteiger partial charge is 0.461 e. The van der Waals surface area contributed by atoms with Crippen molar-refractivity contribution in [3.63, 3.8) is 0 Å². The highest BCUT2D eigenvalue weighted by Gasteiger charge is 2.77. The first-order valence-corrected chi connectivity index (χ1v) is 12.7. The smallest absolute Gasteiger partial charge is 0.460 e. The van der Waals surface area contributed by atoms with E-state index in [4.69, 9.17) is 16.3 Å². The number of esters is 2. The van der Waals surface area contributed by atoms with Crippen molar-refractivity contribution < 1.29 is 49.8 Å². The Kier molecular flexibility index (Phi) is 6.99. The zero-order chi connectivity index (χ0) is 27.6. The van der Waals surface area contributed by atoms with Crippen LogP contribution in [0.3, 0.4) is 0 Å².